The molecule has 1 aliphatic heterocycles. The molecule has 3 rings (SSSR count). The number of rotatable bonds is 5. The topological polar surface area (TPSA) is 97.4 Å². The molecule has 8 heteroatoms. The van der Waals surface area contributed by atoms with Crippen LogP contribution in [-0.2, 0) is 6.54 Å². The van der Waals surface area contributed by atoms with E-state index in [4.69, 9.17) is 5.73 Å². The first-order valence-electron chi connectivity index (χ1n) is 8.68. The Morgan fingerprint density at radius 3 is 2.77 bits per heavy atom. The molecule has 26 heavy (non-hydrogen) atoms. The number of likely N-dealkylation sites (tertiary alicyclic amines) is 1. The van der Waals surface area contributed by atoms with Gasteiger partial charge in [-0.15, -0.1) is 5.10 Å². The van der Waals surface area contributed by atoms with Crippen LogP contribution in [0.1, 0.15) is 45.4 Å². The molecule has 1 aromatic carbocycles. The number of piperidine rings is 1. The summed E-state index contributed by atoms with van der Waals surface area (Å²) < 4.78 is 1.64. The highest BCUT2D eigenvalue weighted by Gasteiger charge is 2.27. The van der Waals surface area contributed by atoms with Gasteiger partial charge in [0.15, 0.2) is 0 Å². The molecular weight excluding hydrogens is 332 g/mol. The zero-order valence-electron chi connectivity index (χ0n) is 15.1. The van der Waals surface area contributed by atoms with E-state index in [0.29, 0.717) is 19.6 Å². The van der Waals surface area contributed by atoms with E-state index < -0.39 is 5.91 Å². The summed E-state index contributed by atoms with van der Waals surface area (Å²) in [5.41, 5.74) is 6.97. The molecule has 2 N–H and O–H groups in total. The van der Waals surface area contributed by atoms with Gasteiger partial charge in [0.05, 0.1) is 6.04 Å². The van der Waals surface area contributed by atoms with Crippen molar-refractivity contribution < 1.29 is 9.59 Å². The highest BCUT2D eigenvalue weighted by molar-refractivity contribution is 5.95. The van der Waals surface area contributed by atoms with Crippen molar-refractivity contribution in [1.29, 1.82) is 0 Å². The molecule has 2 heterocycles. The maximum atomic E-state index is 13.1. The van der Waals surface area contributed by atoms with Gasteiger partial charge in [-0.1, -0.05) is 18.2 Å². The average molecular weight is 356 g/mol. The van der Waals surface area contributed by atoms with E-state index >= 15 is 0 Å². The van der Waals surface area contributed by atoms with Crippen LogP contribution < -0.4 is 5.73 Å². The summed E-state index contributed by atoms with van der Waals surface area (Å²) in [6.07, 6.45) is 3.27. The van der Waals surface area contributed by atoms with Crippen LogP contribution >= 0.6 is 0 Å². The molecule has 1 unspecified atom stereocenters. The third-order valence-electron chi connectivity index (χ3n) is 4.52. The first-order chi connectivity index (χ1) is 12.5. The third-order valence-corrected chi connectivity index (χ3v) is 4.52. The first-order valence-corrected chi connectivity index (χ1v) is 8.68. The minimum Gasteiger partial charge on any atom is -0.363 e. The summed E-state index contributed by atoms with van der Waals surface area (Å²) in [7, 11) is 3.97. The Morgan fingerprint density at radius 2 is 2.08 bits per heavy atom. The predicted molar refractivity (Wildman–Crippen MR) is 96.5 cm³/mol. The van der Waals surface area contributed by atoms with Gasteiger partial charge >= 0.3 is 0 Å². The maximum Gasteiger partial charge on any atom is 0.288 e. The largest absolute Gasteiger partial charge is 0.363 e. The van der Waals surface area contributed by atoms with Gasteiger partial charge in [0.25, 0.3) is 11.8 Å². The first kappa shape index (κ1) is 18.1. The van der Waals surface area contributed by atoms with Crippen molar-refractivity contribution in [3.05, 3.63) is 47.5 Å². The lowest BCUT2D eigenvalue weighted by molar-refractivity contribution is 0.0670. The number of nitrogens with two attached hydrogens (primary N) is 1. The van der Waals surface area contributed by atoms with Gasteiger partial charge in [-0.2, -0.15) is 0 Å². The number of hydrogen-bond donors (Lipinski definition) is 1. The Kier molecular flexibility index (Phi) is 5.32. The van der Waals surface area contributed by atoms with E-state index in [2.05, 4.69) is 10.1 Å². The molecule has 1 aromatic heterocycles. The summed E-state index contributed by atoms with van der Waals surface area (Å²) in [6.45, 7) is 1.96. The van der Waals surface area contributed by atoms with Gasteiger partial charge in [0.2, 0.25) is 5.82 Å². The van der Waals surface area contributed by atoms with Crippen molar-refractivity contribution in [2.75, 3.05) is 27.2 Å². The Morgan fingerprint density at radius 1 is 1.31 bits per heavy atom. The van der Waals surface area contributed by atoms with Crippen LogP contribution in [0.5, 0.6) is 0 Å². The number of hydrogen-bond acceptors (Lipinski definition) is 5. The molecule has 1 fully saturated rings. The standard InChI is InChI=1S/C18H24N6O2/c1-22(2)10-13-6-3-4-8-15(13)18(26)23-9-5-7-14(11-23)24-12-20-17(21-24)16(19)25/h3-4,6,8,12,14H,5,7,9-11H2,1-2H3,(H2,19,25). The fourth-order valence-corrected chi connectivity index (χ4v) is 3.30. The van der Waals surface area contributed by atoms with Crippen LogP contribution in [0.2, 0.25) is 0 Å². The molecule has 1 aliphatic rings. The van der Waals surface area contributed by atoms with Gasteiger partial charge in [-0.25, -0.2) is 9.67 Å². The molecule has 1 saturated heterocycles. The van der Waals surface area contributed by atoms with Crippen molar-refractivity contribution in [2.24, 2.45) is 5.73 Å². The zero-order valence-corrected chi connectivity index (χ0v) is 15.1. The molecule has 8 nitrogen and oxygen atoms in total. The molecule has 0 saturated carbocycles. The van der Waals surface area contributed by atoms with E-state index in [1.165, 1.54) is 6.33 Å². The lowest BCUT2D eigenvalue weighted by atomic mass is 10.0. The Labute approximate surface area is 152 Å². The van der Waals surface area contributed by atoms with Gasteiger partial charge < -0.3 is 15.5 Å². The Hall–Kier alpha value is -2.74. The number of carbonyl (C=O) groups excluding carboxylic acids is 2. The van der Waals surface area contributed by atoms with E-state index in [1.54, 1.807) is 4.68 Å². The highest BCUT2D eigenvalue weighted by Crippen LogP contribution is 2.23. The van der Waals surface area contributed by atoms with Crippen LogP contribution in [0.4, 0.5) is 0 Å². The lowest BCUT2D eigenvalue weighted by Gasteiger charge is -2.33. The fourth-order valence-electron chi connectivity index (χ4n) is 3.30. The van der Waals surface area contributed by atoms with Crippen LogP contribution in [0.3, 0.4) is 0 Å². The van der Waals surface area contributed by atoms with Gasteiger partial charge in [-0.05, 0) is 38.6 Å². The van der Waals surface area contributed by atoms with Gasteiger partial charge in [-0.3, -0.25) is 9.59 Å². The SMILES string of the molecule is CN(C)Cc1ccccc1C(=O)N1CCCC(n2cnc(C(N)=O)n2)C1. The van der Waals surface area contributed by atoms with E-state index in [9.17, 15) is 9.59 Å². The molecular formula is C18H24N6O2. The van der Waals surface area contributed by atoms with Gasteiger partial charge in [0, 0.05) is 25.2 Å². The predicted octanol–water partition coefficient (Wildman–Crippen LogP) is 0.916. The molecule has 0 aliphatic carbocycles. The fraction of sp³-hybridized carbons (Fsp3) is 0.444. The van der Waals surface area contributed by atoms with Crippen molar-refractivity contribution in [2.45, 2.75) is 25.4 Å². The van der Waals surface area contributed by atoms with E-state index in [0.717, 1.165) is 24.0 Å². The molecule has 2 amide bonds. The number of aromatic nitrogens is 3. The second-order valence-corrected chi connectivity index (χ2v) is 6.85. The van der Waals surface area contributed by atoms with Crippen molar-refractivity contribution in [3.8, 4) is 0 Å². The number of nitrogens with zero attached hydrogens (tertiary/aromatic N) is 5. The molecule has 1 atom stereocenters. The summed E-state index contributed by atoms with van der Waals surface area (Å²) >= 11 is 0. The molecule has 138 valence electrons. The second-order valence-electron chi connectivity index (χ2n) is 6.85. The summed E-state index contributed by atoms with van der Waals surface area (Å²) in [5, 5.41) is 4.14. The Bertz CT molecular complexity index is 800. The Balaban J connectivity index is 1.77. The summed E-state index contributed by atoms with van der Waals surface area (Å²) in [6, 6.07) is 7.71. The van der Waals surface area contributed by atoms with Crippen LogP contribution in [0.15, 0.2) is 30.6 Å². The molecule has 0 spiro atoms. The highest BCUT2D eigenvalue weighted by atomic mass is 16.2. The summed E-state index contributed by atoms with van der Waals surface area (Å²) in [4.78, 5) is 32.1. The van der Waals surface area contributed by atoms with E-state index in [-0.39, 0.29) is 17.8 Å². The number of benzene rings is 1. The second kappa shape index (κ2) is 7.65. The lowest BCUT2D eigenvalue weighted by Crippen LogP contribution is -2.41. The molecule has 2 aromatic rings. The van der Waals surface area contributed by atoms with Crippen LogP contribution in [0, 0.1) is 0 Å². The number of primary amides is 1. The minimum atomic E-state index is -0.648. The number of amides is 2. The monoisotopic (exact) mass is 356 g/mol. The quantitative estimate of drug-likeness (QED) is 0.859. The summed E-state index contributed by atoms with van der Waals surface area (Å²) in [5.74, 6) is -0.614. The smallest absolute Gasteiger partial charge is 0.288 e. The van der Waals surface area contributed by atoms with Gasteiger partial charge in [0.1, 0.15) is 6.33 Å². The zero-order chi connectivity index (χ0) is 18.7. The molecule has 0 bridgehead atoms. The third kappa shape index (κ3) is 3.91. The van der Waals surface area contributed by atoms with Crippen molar-refractivity contribution >= 4 is 11.8 Å². The van der Waals surface area contributed by atoms with Crippen molar-refractivity contribution in [1.82, 2.24) is 24.6 Å². The van der Waals surface area contributed by atoms with Crippen LogP contribution in [0.25, 0.3) is 0 Å². The van der Waals surface area contributed by atoms with Crippen LogP contribution in [-0.4, -0.2) is 63.6 Å². The van der Waals surface area contributed by atoms with E-state index in [1.807, 2.05) is 48.2 Å². The van der Waals surface area contributed by atoms with Crippen molar-refractivity contribution in [3.63, 3.8) is 0 Å². The normalized spacial score (nSPS) is 17.5. The number of carbonyl (C=O) groups is 2. The minimum absolute atomic E-state index is 0.00442. The maximum absolute atomic E-state index is 13.1. The average Bonchev–Trinajstić information content (AvgIpc) is 3.12. The molecule has 0 radical (unpaired) electrons.